The minimum atomic E-state index is -0.752. The van der Waals surface area contributed by atoms with Gasteiger partial charge in [-0.2, -0.15) is 5.10 Å². The number of amides is 2. The zero-order valence-electron chi connectivity index (χ0n) is 17.0. The summed E-state index contributed by atoms with van der Waals surface area (Å²) in [6, 6.07) is 25.0. The second-order valence-corrected chi connectivity index (χ2v) is 7.01. The van der Waals surface area contributed by atoms with Crippen molar-refractivity contribution in [3.63, 3.8) is 0 Å². The summed E-state index contributed by atoms with van der Waals surface area (Å²) in [6.45, 7) is -0.909. The number of rotatable bonds is 8. The summed E-state index contributed by atoms with van der Waals surface area (Å²) in [5.41, 5.74) is 4.96. The number of carbonyl (C=O) groups is 3. The first-order valence-corrected chi connectivity index (χ1v) is 10.1. The van der Waals surface area contributed by atoms with Crippen molar-refractivity contribution in [2.24, 2.45) is 5.10 Å². The van der Waals surface area contributed by atoms with Crippen molar-refractivity contribution < 1.29 is 19.1 Å². The van der Waals surface area contributed by atoms with E-state index in [9.17, 15) is 14.4 Å². The minimum Gasteiger partial charge on any atom is -0.454 e. The van der Waals surface area contributed by atoms with E-state index in [0.29, 0.717) is 16.3 Å². The zero-order valence-corrected chi connectivity index (χ0v) is 17.7. The standard InChI is InChI=1S/C24H20ClN3O4/c25-20-13-11-19(12-14-20)24(31)26-15-22(30)32-16-21(29)27-28-23(17-7-3-1-4-8-17)18-9-5-2-6-10-18/h1-14H,15-16H2,(H,26,31)(H,27,29). The van der Waals surface area contributed by atoms with Gasteiger partial charge in [0, 0.05) is 21.7 Å². The number of hydrazone groups is 1. The van der Waals surface area contributed by atoms with Crippen LogP contribution in [0.1, 0.15) is 21.5 Å². The first-order chi connectivity index (χ1) is 15.5. The maximum Gasteiger partial charge on any atom is 0.325 e. The third kappa shape index (κ3) is 6.78. The van der Waals surface area contributed by atoms with E-state index < -0.39 is 24.4 Å². The highest BCUT2D eigenvalue weighted by atomic mass is 35.5. The van der Waals surface area contributed by atoms with Crippen LogP contribution < -0.4 is 10.7 Å². The molecule has 0 saturated carbocycles. The molecular formula is C24H20ClN3O4. The van der Waals surface area contributed by atoms with Gasteiger partial charge in [-0.1, -0.05) is 72.3 Å². The number of hydrogen-bond donors (Lipinski definition) is 2. The Hall–Kier alpha value is -3.97. The smallest absolute Gasteiger partial charge is 0.325 e. The lowest BCUT2D eigenvalue weighted by atomic mass is 10.0. The summed E-state index contributed by atoms with van der Waals surface area (Å²) >= 11 is 5.78. The van der Waals surface area contributed by atoms with Crippen molar-refractivity contribution in [2.75, 3.05) is 13.2 Å². The molecule has 0 unspecified atom stereocenters. The number of nitrogens with one attached hydrogen (secondary N) is 2. The second-order valence-electron chi connectivity index (χ2n) is 6.58. The fourth-order valence-electron chi connectivity index (χ4n) is 2.69. The lowest BCUT2D eigenvalue weighted by Gasteiger charge is -2.09. The normalized spacial score (nSPS) is 10.0. The molecule has 0 spiro atoms. The third-order valence-electron chi connectivity index (χ3n) is 4.25. The molecule has 0 radical (unpaired) electrons. The molecule has 32 heavy (non-hydrogen) atoms. The fourth-order valence-corrected chi connectivity index (χ4v) is 2.82. The van der Waals surface area contributed by atoms with Crippen LogP contribution in [-0.2, 0) is 14.3 Å². The van der Waals surface area contributed by atoms with Crippen molar-refractivity contribution in [1.29, 1.82) is 0 Å². The molecule has 0 aliphatic rings. The SMILES string of the molecule is O=C(COC(=O)CNC(=O)c1ccc(Cl)cc1)NN=C(c1ccccc1)c1ccccc1. The summed E-state index contributed by atoms with van der Waals surface area (Å²) in [5, 5.41) is 7.13. The first-order valence-electron chi connectivity index (χ1n) is 9.69. The quantitative estimate of drug-likeness (QED) is 0.313. The number of esters is 1. The van der Waals surface area contributed by atoms with Crippen molar-refractivity contribution in [3.8, 4) is 0 Å². The van der Waals surface area contributed by atoms with E-state index in [-0.39, 0.29) is 6.54 Å². The molecule has 162 valence electrons. The van der Waals surface area contributed by atoms with E-state index >= 15 is 0 Å². The maximum atomic E-state index is 12.1. The van der Waals surface area contributed by atoms with E-state index in [1.807, 2.05) is 60.7 Å². The molecule has 0 saturated heterocycles. The Bertz CT molecular complexity index is 1060. The number of nitrogens with zero attached hydrogens (tertiary/aromatic N) is 1. The van der Waals surface area contributed by atoms with Crippen LogP contribution in [0.15, 0.2) is 90.0 Å². The Morgan fingerprint density at radius 3 is 1.91 bits per heavy atom. The van der Waals surface area contributed by atoms with Gasteiger partial charge in [-0.15, -0.1) is 0 Å². The topological polar surface area (TPSA) is 96.9 Å². The molecule has 0 aliphatic heterocycles. The van der Waals surface area contributed by atoms with Gasteiger partial charge in [-0.05, 0) is 24.3 Å². The number of hydrogen-bond acceptors (Lipinski definition) is 5. The van der Waals surface area contributed by atoms with Gasteiger partial charge >= 0.3 is 5.97 Å². The monoisotopic (exact) mass is 449 g/mol. The molecule has 0 fully saturated rings. The summed E-state index contributed by atoms with van der Waals surface area (Å²) in [6.07, 6.45) is 0. The molecule has 7 nitrogen and oxygen atoms in total. The van der Waals surface area contributed by atoms with Gasteiger partial charge in [0.05, 0.1) is 5.71 Å². The van der Waals surface area contributed by atoms with Crippen molar-refractivity contribution in [1.82, 2.24) is 10.7 Å². The highest BCUT2D eigenvalue weighted by Crippen LogP contribution is 2.11. The molecule has 0 aliphatic carbocycles. The molecule has 2 amide bonds. The molecule has 3 rings (SSSR count). The zero-order chi connectivity index (χ0) is 22.8. The number of halogens is 1. The van der Waals surface area contributed by atoms with Crippen LogP contribution in [0.3, 0.4) is 0 Å². The van der Waals surface area contributed by atoms with Crippen molar-refractivity contribution >= 4 is 35.1 Å². The predicted octanol–water partition coefficient (Wildman–Crippen LogP) is 3.18. The van der Waals surface area contributed by atoms with Crippen LogP contribution in [-0.4, -0.2) is 36.6 Å². The molecule has 0 aromatic heterocycles. The molecule has 0 atom stereocenters. The summed E-state index contributed by atoms with van der Waals surface area (Å²) in [7, 11) is 0. The van der Waals surface area contributed by atoms with Gasteiger partial charge in [-0.3, -0.25) is 14.4 Å². The van der Waals surface area contributed by atoms with Crippen molar-refractivity contribution in [2.45, 2.75) is 0 Å². The molecule has 2 N–H and O–H groups in total. The molecule has 8 heteroatoms. The van der Waals surface area contributed by atoms with Crippen LogP contribution in [0.4, 0.5) is 0 Å². The van der Waals surface area contributed by atoms with Gasteiger partial charge in [0.1, 0.15) is 6.54 Å². The Balaban J connectivity index is 1.51. The predicted molar refractivity (Wildman–Crippen MR) is 121 cm³/mol. The van der Waals surface area contributed by atoms with Crippen LogP contribution in [0.25, 0.3) is 0 Å². The van der Waals surface area contributed by atoms with E-state index in [2.05, 4.69) is 15.8 Å². The van der Waals surface area contributed by atoms with Crippen LogP contribution >= 0.6 is 11.6 Å². The number of benzene rings is 3. The van der Waals surface area contributed by atoms with Crippen LogP contribution in [0, 0.1) is 0 Å². The Morgan fingerprint density at radius 1 is 0.781 bits per heavy atom. The van der Waals surface area contributed by atoms with Gasteiger partial charge in [0.25, 0.3) is 11.8 Å². The number of carbonyl (C=O) groups excluding carboxylic acids is 3. The van der Waals surface area contributed by atoms with E-state index in [4.69, 9.17) is 16.3 Å². The van der Waals surface area contributed by atoms with Gasteiger partial charge in [-0.25, -0.2) is 5.43 Å². The van der Waals surface area contributed by atoms with E-state index in [0.717, 1.165) is 11.1 Å². The van der Waals surface area contributed by atoms with Crippen LogP contribution in [0.5, 0.6) is 0 Å². The van der Waals surface area contributed by atoms with Gasteiger partial charge < -0.3 is 10.1 Å². The average Bonchev–Trinajstić information content (AvgIpc) is 2.83. The fraction of sp³-hybridized carbons (Fsp3) is 0.0833. The molecule has 0 bridgehead atoms. The minimum absolute atomic E-state index is 0.351. The van der Waals surface area contributed by atoms with Gasteiger partial charge in [0.2, 0.25) is 0 Å². The average molecular weight is 450 g/mol. The lowest BCUT2D eigenvalue weighted by Crippen LogP contribution is -2.33. The van der Waals surface area contributed by atoms with E-state index in [1.54, 1.807) is 12.1 Å². The Morgan fingerprint density at radius 2 is 1.34 bits per heavy atom. The Kier molecular flexibility index (Phi) is 8.11. The molecule has 3 aromatic carbocycles. The second kappa shape index (κ2) is 11.4. The van der Waals surface area contributed by atoms with Crippen molar-refractivity contribution in [3.05, 3.63) is 107 Å². The highest BCUT2D eigenvalue weighted by molar-refractivity contribution is 6.30. The van der Waals surface area contributed by atoms with E-state index in [1.165, 1.54) is 12.1 Å². The lowest BCUT2D eigenvalue weighted by molar-refractivity contribution is -0.147. The molecule has 3 aromatic rings. The summed E-state index contributed by atoms with van der Waals surface area (Å²) < 4.78 is 4.90. The molecule has 0 heterocycles. The Labute approximate surface area is 190 Å². The largest absolute Gasteiger partial charge is 0.454 e. The maximum absolute atomic E-state index is 12.1. The summed E-state index contributed by atoms with van der Waals surface area (Å²) in [5.74, 6) is -1.81. The number of ether oxygens (including phenoxy) is 1. The molecular weight excluding hydrogens is 430 g/mol. The van der Waals surface area contributed by atoms with Gasteiger partial charge in [0.15, 0.2) is 6.61 Å². The first kappa shape index (κ1) is 22.7. The highest BCUT2D eigenvalue weighted by Gasteiger charge is 2.12. The summed E-state index contributed by atoms with van der Waals surface area (Å²) in [4.78, 5) is 35.9. The third-order valence-corrected chi connectivity index (χ3v) is 4.50. The van der Waals surface area contributed by atoms with Crippen LogP contribution in [0.2, 0.25) is 5.02 Å².